The van der Waals surface area contributed by atoms with Crippen molar-refractivity contribution in [3.8, 4) is 0 Å². The van der Waals surface area contributed by atoms with E-state index in [-0.39, 0.29) is 23.5 Å². The summed E-state index contributed by atoms with van der Waals surface area (Å²) in [6, 6.07) is 0.108. The maximum Gasteiger partial charge on any atom is 0.237 e. The second-order valence-electron chi connectivity index (χ2n) is 6.30. The van der Waals surface area contributed by atoms with Gasteiger partial charge in [0.25, 0.3) is 0 Å². The first-order valence-electron chi connectivity index (χ1n) is 7.26. The Kier molecular flexibility index (Phi) is 4.32. The predicted octanol–water partition coefficient (Wildman–Crippen LogP) is 0.945. The lowest BCUT2D eigenvalue weighted by Gasteiger charge is -2.47. The van der Waals surface area contributed by atoms with Gasteiger partial charge in [-0.25, -0.2) is 0 Å². The van der Waals surface area contributed by atoms with Crippen LogP contribution in [-0.4, -0.2) is 34.3 Å². The van der Waals surface area contributed by atoms with E-state index in [0.29, 0.717) is 18.8 Å². The highest BCUT2D eigenvalue weighted by Crippen LogP contribution is 2.47. The molecule has 0 aromatic heterocycles. The van der Waals surface area contributed by atoms with E-state index in [4.69, 9.17) is 23.7 Å². The van der Waals surface area contributed by atoms with Gasteiger partial charge in [-0.3, -0.25) is 9.59 Å². The first-order chi connectivity index (χ1) is 9.36. The average Bonchev–Trinajstić information content (AvgIpc) is 2.83. The van der Waals surface area contributed by atoms with E-state index in [1.54, 1.807) is 4.90 Å². The number of nitrogens with zero attached hydrogens (tertiary/aromatic N) is 1. The van der Waals surface area contributed by atoms with Crippen LogP contribution in [0.2, 0.25) is 0 Å². The summed E-state index contributed by atoms with van der Waals surface area (Å²) >= 11 is 5.13. The van der Waals surface area contributed by atoms with Gasteiger partial charge in [-0.05, 0) is 31.6 Å². The molecule has 2 fully saturated rings. The van der Waals surface area contributed by atoms with Gasteiger partial charge in [0.2, 0.25) is 11.8 Å². The molecular formula is C14H23N3O2S. The molecule has 2 amide bonds. The highest BCUT2D eigenvalue weighted by molar-refractivity contribution is 7.80. The minimum atomic E-state index is -0.743. The van der Waals surface area contributed by atoms with E-state index in [2.05, 4.69) is 6.92 Å². The molecule has 112 valence electrons. The van der Waals surface area contributed by atoms with E-state index in [1.807, 2.05) is 0 Å². The molecule has 0 bridgehead atoms. The maximum absolute atomic E-state index is 12.9. The van der Waals surface area contributed by atoms with Crippen molar-refractivity contribution in [3.05, 3.63) is 0 Å². The zero-order valence-electron chi connectivity index (χ0n) is 11.9. The largest absolute Gasteiger partial charge is 0.392 e. The molecule has 0 unspecified atom stereocenters. The summed E-state index contributed by atoms with van der Waals surface area (Å²) in [4.78, 5) is 26.1. The molecule has 0 saturated heterocycles. The third-order valence-electron chi connectivity index (χ3n) is 4.63. The van der Waals surface area contributed by atoms with Crippen molar-refractivity contribution in [2.24, 2.45) is 22.8 Å². The molecule has 0 heterocycles. The Balaban J connectivity index is 2.20. The molecule has 2 aliphatic carbocycles. The second kappa shape index (κ2) is 5.68. The van der Waals surface area contributed by atoms with E-state index in [1.165, 1.54) is 0 Å². The van der Waals surface area contributed by atoms with Crippen LogP contribution in [0.3, 0.4) is 0 Å². The number of thiocarbonyl (C=S) groups is 1. The number of hydrogen-bond donors (Lipinski definition) is 2. The normalized spacial score (nSPS) is 29.8. The first-order valence-corrected chi connectivity index (χ1v) is 7.67. The molecule has 0 aromatic rings. The molecule has 0 aromatic carbocycles. The Morgan fingerprint density at radius 1 is 1.25 bits per heavy atom. The van der Waals surface area contributed by atoms with Gasteiger partial charge >= 0.3 is 0 Å². The van der Waals surface area contributed by atoms with Crippen LogP contribution in [0.25, 0.3) is 0 Å². The average molecular weight is 297 g/mol. The maximum atomic E-state index is 12.9. The molecule has 0 spiro atoms. The standard InChI is InChI=1S/C14H23N3O2S/c1-9-6-14(7-9,12(16)20)13(19)17(8-11(15)18)10-4-2-3-5-10/h9-10H,2-8H2,1H3,(H2,15,18)(H2,16,20). The van der Waals surface area contributed by atoms with Crippen molar-refractivity contribution in [2.75, 3.05) is 6.54 Å². The number of carbonyl (C=O) groups excluding carboxylic acids is 2. The fraction of sp³-hybridized carbons (Fsp3) is 0.786. The summed E-state index contributed by atoms with van der Waals surface area (Å²) in [5.41, 5.74) is 10.4. The second-order valence-corrected chi connectivity index (χ2v) is 6.74. The van der Waals surface area contributed by atoms with Gasteiger partial charge in [-0.15, -0.1) is 0 Å². The summed E-state index contributed by atoms with van der Waals surface area (Å²) in [6.07, 6.45) is 5.41. The van der Waals surface area contributed by atoms with Crippen LogP contribution in [0.15, 0.2) is 0 Å². The molecule has 0 aliphatic heterocycles. The molecule has 4 N–H and O–H groups in total. The van der Waals surface area contributed by atoms with Crippen LogP contribution in [0.5, 0.6) is 0 Å². The molecular weight excluding hydrogens is 274 g/mol. The summed E-state index contributed by atoms with van der Waals surface area (Å²) in [7, 11) is 0. The zero-order chi connectivity index (χ0) is 14.9. The number of primary amides is 1. The fourth-order valence-corrected chi connectivity index (χ4v) is 3.89. The SMILES string of the molecule is CC1CC(C(=O)N(CC(N)=O)C2CCCC2)(C(N)=S)C1. The van der Waals surface area contributed by atoms with Crippen LogP contribution in [0.1, 0.15) is 45.4 Å². The first kappa shape index (κ1) is 15.2. The molecule has 2 saturated carbocycles. The Bertz CT molecular complexity index is 426. The van der Waals surface area contributed by atoms with Crippen LogP contribution in [0, 0.1) is 11.3 Å². The molecule has 2 rings (SSSR count). The van der Waals surface area contributed by atoms with Crippen LogP contribution >= 0.6 is 12.2 Å². The quantitative estimate of drug-likeness (QED) is 0.739. The fourth-order valence-electron chi connectivity index (χ4n) is 3.64. The van der Waals surface area contributed by atoms with E-state index >= 15 is 0 Å². The van der Waals surface area contributed by atoms with Gasteiger partial charge in [0.15, 0.2) is 0 Å². The predicted molar refractivity (Wildman–Crippen MR) is 80.8 cm³/mol. The molecule has 0 radical (unpaired) electrons. The summed E-state index contributed by atoms with van der Waals surface area (Å²) in [6.45, 7) is 2.06. The number of amides is 2. The number of rotatable bonds is 5. The Labute approximate surface area is 125 Å². The molecule has 6 heteroatoms. The molecule has 20 heavy (non-hydrogen) atoms. The molecule has 2 aliphatic rings. The number of carbonyl (C=O) groups is 2. The van der Waals surface area contributed by atoms with Gasteiger partial charge in [0, 0.05) is 6.04 Å². The van der Waals surface area contributed by atoms with Crippen molar-refractivity contribution in [2.45, 2.75) is 51.5 Å². The number of hydrogen-bond acceptors (Lipinski definition) is 3. The van der Waals surface area contributed by atoms with Gasteiger partial charge < -0.3 is 16.4 Å². The Morgan fingerprint density at radius 2 is 1.80 bits per heavy atom. The van der Waals surface area contributed by atoms with Crippen LogP contribution in [0.4, 0.5) is 0 Å². The minimum absolute atomic E-state index is 0.0256. The summed E-state index contributed by atoms with van der Waals surface area (Å²) in [5, 5.41) is 0. The summed E-state index contributed by atoms with van der Waals surface area (Å²) < 4.78 is 0. The van der Waals surface area contributed by atoms with Gasteiger partial charge in [-0.2, -0.15) is 0 Å². The minimum Gasteiger partial charge on any atom is -0.392 e. The van der Waals surface area contributed by atoms with Crippen molar-refractivity contribution in [1.82, 2.24) is 4.90 Å². The molecule has 0 atom stereocenters. The van der Waals surface area contributed by atoms with Crippen molar-refractivity contribution in [3.63, 3.8) is 0 Å². The summed E-state index contributed by atoms with van der Waals surface area (Å²) in [5.74, 6) is -0.121. The van der Waals surface area contributed by atoms with Crippen LogP contribution in [-0.2, 0) is 9.59 Å². The highest BCUT2D eigenvalue weighted by atomic mass is 32.1. The third kappa shape index (κ3) is 2.66. The Hall–Kier alpha value is -1.17. The van der Waals surface area contributed by atoms with E-state index < -0.39 is 11.3 Å². The van der Waals surface area contributed by atoms with E-state index in [0.717, 1.165) is 25.7 Å². The monoisotopic (exact) mass is 297 g/mol. The van der Waals surface area contributed by atoms with Crippen molar-refractivity contribution < 1.29 is 9.59 Å². The van der Waals surface area contributed by atoms with Gasteiger partial charge in [-0.1, -0.05) is 32.0 Å². The zero-order valence-corrected chi connectivity index (χ0v) is 12.7. The smallest absolute Gasteiger partial charge is 0.237 e. The van der Waals surface area contributed by atoms with Crippen LogP contribution < -0.4 is 11.5 Å². The topological polar surface area (TPSA) is 89.4 Å². The highest BCUT2D eigenvalue weighted by Gasteiger charge is 2.53. The van der Waals surface area contributed by atoms with Crippen molar-refractivity contribution >= 4 is 29.0 Å². The van der Waals surface area contributed by atoms with E-state index in [9.17, 15) is 9.59 Å². The van der Waals surface area contributed by atoms with Gasteiger partial charge in [0.1, 0.15) is 0 Å². The lowest BCUT2D eigenvalue weighted by Crippen LogP contribution is -2.59. The lowest BCUT2D eigenvalue weighted by atomic mass is 9.61. The molecule has 5 nitrogen and oxygen atoms in total. The van der Waals surface area contributed by atoms with Gasteiger partial charge in [0.05, 0.1) is 16.9 Å². The lowest BCUT2D eigenvalue weighted by molar-refractivity contribution is -0.148. The third-order valence-corrected chi connectivity index (χ3v) is 5.02. The number of nitrogens with two attached hydrogens (primary N) is 2. The Morgan fingerprint density at radius 3 is 2.20 bits per heavy atom. The van der Waals surface area contributed by atoms with Crippen molar-refractivity contribution in [1.29, 1.82) is 0 Å².